The Hall–Kier alpha value is -1.55. The van der Waals surface area contributed by atoms with Crippen LogP contribution in [0.2, 0.25) is 0 Å². The van der Waals surface area contributed by atoms with Crippen LogP contribution in [-0.2, 0) is 5.54 Å². The fourth-order valence-corrected chi connectivity index (χ4v) is 4.44. The molecule has 2 fully saturated rings. The second kappa shape index (κ2) is 5.27. The van der Waals surface area contributed by atoms with Crippen molar-refractivity contribution >= 4 is 6.03 Å². The summed E-state index contributed by atoms with van der Waals surface area (Å²) in [4.78, 5) is 18.4. The first-order valence-corrected chi connectivity index (χ1v) is 8.13. The molecule has 1 spiro atoms. The van der Waals surface area contributed by atoms with Crippen LogP contribution in [0.4, 0.5) is 4.79 Å². The summed E-state index contributed by atoms with van der Waals surface area (Å²) < 4.78 is 0. The lowest BCUT2D eigenvalue weighted by molar-refractivity contribution is 0.0324. The maximum atomic E-state index is 12.2. The van der Waals surface area contributed by atoms with Gasteiger partial charge in [0.05, 0.1) is 5.54 Å². The van der Waals surface area contributed by atoms with Gasteiger partial charge in [0.2, 0.25) is 0 Å². The molecule has 4 nitrogen and oxygen atoms in total. The molecule has 1 aromatic carbocycles. The summed E-state index contributed by atoms with van der Waals surface area (Å²) in [5, 5.41) is 0. The van der Waals surface area contributed by atoms with Gasteiger partial charge < -0.3 is 9.80 Å². The maximum absolute atomic E-state index is 12.2. The van der Waals surface area contributed by atoms with Crippen molar-refractivity contribution in [1.82, 2.24) is 14.7 Å². The van der Waals surface area contributed by atoms with Crippen molar-refractivity contribution in [3.05, 3.63) is 35.9 Å². The molecule has 2 aliphatic rings. The van der Waals surface area contributed by atoms with Gasteiger partial charge in [0.1, 0.15) is 0 Å². The Balaban J connectivity index is 1.87. The number of carbonyl (C=O) groups is 1. The Bertz CT molecular complexity index is 547. The molecular weight excluding hydrogens is 274 g/mol. The number of likely N-dealkylation sites (N-methyl/N-ethyl adjacent to an activating group) is 2. The van der Waals surface area contributed by atoms with Crippen LogP contribution in [0.5, 0.6) is 0 Å². The minimum absolute atomic E-state index is 0.0279. The summed E-state index contributed by atoms with van der Waals surface area (Å²) in [5.74, 6) is 0. The zero-order chi connectivity index (χ0) is 16.0. The number of benzene rings is 1. The average molecular weight is 301 g/mol. The highest BCUT2D eigenvalue weighted by Gasteiger charge is 2.52. The molecule has 0 aromatic heterocycles. The van der Waals surface area contributed by atoms with Crippen LogP contribution in [0.25, 0.3) is 0 Å². The second-order valence-electron chi connectivity index (χ2n) is 7.21. The minimum Gasteiger partial charge on any atom is -0.325 e. The number of amides is 2. The van der Waals surface area contributed by atoms with E-state index in [2.05, 4.69) is 49.3 Å². The van der Waals surface area contributed by atoms with Gasteiger partial charge in [0.15, 0.2) is 0 Å². The van der Waals surface area contributed by atoms with Crippen molar-refractivity contribution in [1.29, 1.82) is 0 Å². The molecule has 1 aromatic rings. The van der Waals surface area contributed by atoms with Crippen molar-refractivity contribution in [3.8, 4) is 0 Å². The van der Waals surface area contributed by atoms with Crippen LogP contribution in [0, 0.1) is 0 Å². The smallest absolute Gasteiger partial charge is 0.320 e. The first-order valence-electron chi connectivity index (χ1n) is 8.13. The highest BCUT2D eigenvalue weighted by atomic mass is 16.2. The highest BCUT2D eigenvalue weighted by Crippen LogP contribution is 2.48. The van der Waals surface area contributed by atoms with Gasteiger partial charge in [-0.15, -0.1) is 0 Å². The number of carbonyl (C=O) groups excluding carboxylic acids is 1. The summed E-state index contributed by atoms with van der Waals surface area (Å²) in [6, 6.07) is 11.0. The van der Waals surface area contributed by atoms with Crippen molar-refractivity contribution in [2.24, 2.45) is 0 Å². The molecule has 22 heavy (non-hydrogen) atoms. The van der Waals surface area contributed by atoms with Gasteiger partial charge in [-0.3, -0.25) is 4.90 Å². The molecule has 1 aliphatic heterocycles. The Labute approximate surface area is 133 Å². The number of hydrogen-bond acceptors (Lipinski definition) is 2. The number of nitrogens with zero attached hydrogens (tertiary/aromatic N) is 3. The van der Waals surface area contributed by atoms with E-state index in [9.17, 15) is 4.79 Å². The summed E-state index contributed by atoms with van der Waals surface area (Å²) >= 11 is 0. The Morgan fingerprint density at radius 1 is 1.00 bits per heavy atom. The van der Waals surface area contributed by atoms with Gasteiger partial charge in [-0.05, 0) is 45.3 Å². The van der Waals surface area contributed by atoms with E-state index in [1.54, 1.807) is 0 Å². The first kappa shape index (κ1) is 15.3. The lowest BCUT2D eigenvalue weighted by atomic mass is 9.68. The van der Waals surface area contributed by atoms with Gasteiger partial charge in [0.25, 0.3) is 0 Å². The van der Waals surface area contributed by atoms with Crippen molar-refractivity contribution < 1.29 is 4.79 Å². The van der Waals surface area contributed by atoms with Crippen LogP contribution in [-0.4, -0.2) is 61.0 Å². The summed E-state index contributed by atoms with van der Waals surface area (Å²) in [6.45, 7) is 0.862. The lowest BCUT2D eigenvalue weighted by Gasteiger charge is -2.50. The zero-order valence-corrected chi connectivity index (χ0v) is 14.2. The summed E-state index contributed by atoms with van der Waals surface area (Å²) in [6.07, 6.45) is 4.31. The Morgan fingerprint density at radius 2 is 1.59 bits per heavy atom. The standard InChI is InChI=1S/C18H27N3O/c1-19(2)18(15-8-6-5-7-9-15)12-10-17(11-13-18)14-20(3)16(22)21(17)4/h5-9H,10-14H2,1-4H3. The third-order valence-electron chi connectivity index (χ3n) is 6.03. The van der Waals surface area contributed by atoms with Crippen molar-refractivity contribution in [2.75, 3.05) is 34.7 Å². The number of rotatable bonds is 2. The quantitative estimate of drug-likeness (QED) is 0.840. The van der Waals surface area contributed by atoms with Crippen LogP contribution in [0.1, 0.15) is 31.2 Å². The topological polar surface area (TPSA) is 26.8 Å². The van der Waals surface area contributed by atoms with E-state index < -0.39 is 0 Å². The van der Waals surface area contributed by atoms with Crippen molar-refractivity contribution in [2.45, 2.75) is 36.8 Å². The normalized spacial score (nSPS) is 32.3. The first-order chi connectivity index (χ1) is 10.4. The second-order valence-corrected chi connectivity index (χ2v) is 7.21. The molecule has 2 amide bonds. The minimum atomic E-state index is 0.0279. The molecule has 1 aliphatic carbocycles. The molecule has 0 radical (unpaired) electrons. The molecule has 0 atom stereocenters. The van der Waals surface area contributed by atoms with Crippen LogP contribution in [0.3, 0.4) is 0 Å². The fraction of sp³-hybridized carbons (Fsp3) is 0.611. The number of hydrogen-bond donors (Lipinski definition) is 0. The summed E-state index contributed by atoms with van der Waals surface area (Å²) in [7, 11) is 8.25. The average Bonchev–Trinajstić information content (AvgIpc) is 2.73. The highest BCUT2D eigenvalue weighted by molar-refractivity contribution is 5.77. The monoisotopic (exact) mass is 301 g/mol. The van der Waals surface area contributed by atoms with E-state index in [-0.39, 0.29) is 17.1 Å². The van der Waals surface area contributed by atoms with Gasteiger partial charge in [-0.1, -0.05) is 30.3 Å². The molecule has 3 rings (SSSR count). The number of urea groups is 1. The molecule has 1 saturated heterocycles. The third kappa shape index (κ3) is 2.12. The SMILES string of the molecule is CN1CC2(CCC(c3ccccc3)(N(C)C)CC2)N(C)C1=O. The molecular formula is C18H27N3O. The van der Waals surface area contributed by atoms with Crippen LogP contribution >= 0.6 is 0 Å². The molecule has 1 heterocycles. The Kier molecular flexibility index (Phi) is 3.68. The van der Waals surface area contributed by atoms with Crippen molar-refractivity contribution in [3.63, 3.8) is 0 Å². The molecule has 0 bridgehead atoms. The van der Waals surface area contributed by atoms with Crippen LogP contribution < -0.4 is 0 Å². The van der Waals surface area contributed by atoms with Crippen LogP contribution in [0.15, 0.2) is 30.3 Å². The van der Waals surface area contributed by atoms with E-state index in [1.165, 1.54) is 5.56 Å². The molecule has 0 N–H and O–H groups in total. The molecule has 0 unspecified atom stereocenters. The van der Waals surface area contributed by atoms with E-state index in [0.29, 0.717) is 0 Å². The molecule has 1 saturated carbocycles. The van der Waals surface area contributed by atoms with Gasteiger partial charge in [0, 0.05) is 26.2 Å². The molecule has 120 valence electrons. The molecule has 4 heteroatoms. The van der Waals surface area contributed by atoms with Gasteiger partial charge >= 0.3 is 6.03 Å². The lowest BCUT2D eigenvalue weighted by Crippen LogP contribution is -2.54. The fourth-order valence-electron chi connectivity index (χ4n) is 4.44. The van der Waals surface area contributed by atoms with E-state index >= 15 is 0 Å². The zero-order valence-electron chi connectivity index (χ0n) is 14.2. The summed E-state index contributed by atoms with van der Waals surface area (Å²) in [5.41, 5.74) is 1.52. The Morgan fingerprint density at radius 3 is 2.05 bits per heavy atom. The van der Waals surface area contributed by atoms with E-state index in [1.807, 2.05) is 23.9 Å². The van der Waals surface area contributed by atoms with E-state index in [4.69, 9.17) is 0 Å². The largest absolute Gasteiger partial charge is 0.325 e. The van der Waals surface area contributed by atoms with E-state index in [0.717, 1.165) is 32.2 Å². The van der Waals surface area contributed by atoms with Gasteiger partial charge in [-0.25, -0.2) is 4.79 Å². The predicted molar refractivity (Wildman–Crippen MR) is 88.8 cm³/mol. The predicted octanol–water partition coefficient (Wildman–Crippen LogP) is 2.75. The van der Waals surface area contributed by atoms with Gasteiger partial charge in [-0.2, -0.15) is 0 Å². The third-order valence-corrected chi connectivity index (χ3v) is 6.03. The maximum Gasteiger partial charge on any atom is 0.320 e.